The van der Waals surface area contributed by atoms with Crippen LogP contribution in [0.2, 0.25) is 0 Å². The van der Waals surface area contributed by atoms with E-state index in [1.54, 1.807) is 6.20 Å². The summed E-state index contributed by atoms with van der Waals surface area (Å²) in [6.45, 7) is 8.51. The van der Waals surface area contributed by atoms with Crippen LogP contribution in [0.1, 0.15) is 43.7 Å². The number of thioether (sulfide) groups is 1. The largest absolute Gasteiger partial charge is 0.329 e. The number of nitrogens with zero attached hydrogens (tertiary/aromatic N) is 3. The van der Waals surface area contributed by atoms with Gasteiger partial charge in [0.2, 0.25) is 5.91 Å². The molecule has 6 nitrogen and oxygen atoms in total. The zero-order valence-corrected chi connectivity index (χ0v) is 17.3. The van der Waals surface area contributed by atoms with Crippen LogP contribution in [0.15, 0.2) is 17.6 Å². The Bertz CT molecular complexity index is 888. The van der Waals surface area contributed by atoms with Gasteiger partial charge in [-0.15, -0.1) is 11.3 Å². The maximum absolute atomic E-state index is 12.4. The average molecular weight is 390 g/mol. The van der Waals surface area contributed by atoms with Crippen LogP contribution in [-0.4, -0.2) is 26.8 Å². The van der Waals surface area contributed by atoms with E-state index in [1.807, 2.05) is 17.8 Å². The number of anilines is 1. The third-order valence-electron chi connectivity index (χ3n) is 4.32. The molecule has 0 saturated heterocycles. The third kappa shape index (κ3) is 3.65. The first kappa shape index (κ1) is 19.0. The first-order valence-electron chi connectivity index (χ1n) is 8.38. The molecule has 0 fully saturated rings. The van der Waals surface area contributed by atoms with E-state index in [-0.39, 0.29) is 22.7 Å². The summed E-state index contributed by atoms with van der Waals surface area (Å²) in [6.07, 6.45) is 4.32. The molecule has 2 aromatic rings. The van der Waals surface area contributed by atoms with E-state index in [0.29, 0.717) is 10.6 Å². The number of hydrogen-bond donors (Lipinski definition) is 2. The Kier molecular flexibility index (Phi) is 4.90. The van der Waals surface area contributed by atoms with Crippen molar-refractivity contribution in [2.45, 2.75) is 50.4 Å². The fourth-order valence-corrected chi connectivity index (χ4v) is 5.49. The number of aryl methyl sites for hydroxylation is 1. The van der Waals surface area contributed by atoms with Crippen LogP contribution >= 0.6 is 23.1 Å². The number of hydrogen-bond acceptors (Lipinski definition) is 6. The van der Waals surface area contributed by atoms with Gasteiger partial charge in [0.05, 0.1) is 11.3 Å². The van der Waals surface area contributed by atoms with Gasteiger partial charge in [-0.1, -0.05) is 11.8 Å². The van der Waals surface area contributed by atoms with E-state index in [4.69, 9.17) is 0 Å². The van der Waals surface area contributed by atoms with Crippen LogP contribution < -0.4 is 10.6 Å². The van der Waals surface area contributed by atoms with Gasteiger partial charge in [0.15, 0.2) is 5.16 Å². The fourth-order valence-electron chi connectivity index (χ4n) is 3.52. The summed E-state index contributed by atoms with van der Waals surface area (Å²) < 4.78 is 1.87. The molecule has 2 N–H and O–H groups in total. The van der Waals surface area contributed by atoms with Gasteiger partial charge in [-0.3, -0.25) is 4.79 Å². The van der Waals surface area contributed by atoms with Crippen LogP contribution in [0.3, 0.4) is 0 Å². The molecule has 3 rings (SSSR count). The minimum absolute atomic E-state index is 0.0987. The Labute approximate surface area is 162 Å². The Morgan fingerprint density at radius 3 is 2.85 bits per heavy atom. The zero-order valence-electron chi connectivity index (χ0n) is 15.6. The van der Waals surface area contributed by atoms with Gasteiger partial charge in [0.1, 0.15) is 11.1 Å². The number of rotatable bonds is 4. The number of carbonyl (C=O) groups is 1. The molecule has 0 aromatic carbocycles. The number of fused-ring (bicyclic) bond motifs is 1. The van der Waals surface area contributed by atoms with Gasteiger partial charge in [0.25, 0.3) is 0 Å². The van der Waals surface area contributed by atoms with E-state index < -0.39 is 0 Å². The normalized spacial score (nSPS) is 17.4. The minimum atomic E-state index is -0.238. The molecule has 0 bridgehead atoms. The maximum atomic E-state index is 12.4. The molecule has 8 heteroatoms. The van der Waals surface area contributed by atoms with Gasteiger partial charge in [0, 0.05) is 35.4 Å². The molecule has 1 aliphatic heterocycles. The second kappa shape index (κ2) is 6.72. The number of amides is 1. The molecule has 0 atom stereocenters. The molecule has 3 heterocycles. The number of nitrogens with one attached hydrogen (secondary N) is 2. The first-order valence-corrected chi connectivity index (χ1v) is 10.2. The van der Waals surface area contributed by atoms with Crippen molar-refractivity contribution >= 4 is 34.0 Å². The van der Waals surface area contributed by atoms with Crippen molar-refractivity contribution < 1.29 is 4.79 Å². The predicted molar refractivity (Wildman–Crippen MR) is 106 cm³/mol. The van der Waals surface area contributed by atoms with Gasteiger partial charge in [-0.25, -0.2) is 4.98 Å². The van der Waals surface area contributed by atoms with E-state index in [9.17, 15) is 10.1 Å². The second-order valence-corrected chi connectivity index (χ2v) is 9.66. The van der Waals surface area contributed by atoms with Gasteiger partial charge >= 0.3 is 0 Å². The molecule has 1 amide bonds. The summed E-state index contributed by atoms with van der Waals surface area (Å²) in [7, 11) is 1.89. The van der Waals surface area contributed by atoms with Crippen LogP contribution in [0.5, 0.6) is 0 Å². The third-order valence-corrected chi connectivity index (χ3v) is 6.85. The quantitative estimate of drug-likeness (QED) is 0.785. The van der Waals surface area contributed by atoms with Crippen molar-refractivity contribution in [3.63, 3.8) is 0 Å². The summed E-state index contributed by atoms with van der Waals surface area (Å²) in [6, 6.07) is 2.31. The monoisotopic (exact) mass is 389 g/mol. The summed E-state index contributed by atoms with van der Waals surface area (Å²) >= 11 is 2.88. The standard InChI is InChI=1S/C18H23N5OS2/c1-17(2)8-11-12(9-19)15(26-14(11)18(3,4)22-17)21-13(24)10-25-16-20-6-7-23(16)5/h6-7,22H,8,10H2,1-5H3,(H,21,24). The van der Waals surface area contributed by atoms with Gasteiger partial charge in [-0.2, -0.15) is 5.26 Å². The minimum Gasteiger partial charge on any atom is -0.329 e. The van der Waals surface area contributed by atoms with E-state index in [0.717, 1.165) is 22.0 Å². The van der Waals surface area contributed by atoms with Crippen LogP contribution in [0, 0.1) is 11.3 Å². The Hall–Kier alpha value is -1.82. The Morgan fingerprint density at radius 1 is 1.50 bits per heavy atom. The molecular formula is C18H23N5OS2. The molecule has 0 saturated carbocycles. The van der Waals surface area contributed by atoms with Crippen molar-refractivity contribution in [2.24, 2.45) is 7.05 Å². The van der Waals surface area contributed by atoms with Crippen molar-refractivity contribution in [3.8, 4) is 6.07 Å². The Balaban J connectivity index is 1.81. The molecule has 0 unspecified atom stereocenters. The molecule has 0 radical (unpaired) electrons. The van der Waals surface area contributed by atoms with Gasteiger partial charge < -0.3 is 15.2 Å². The smallest absolute Gasteiger partial charge is 0.235 e. The number of nitriles is 1. The van der Waals surface area contributed by atoms with Crippen LogP contribution in [0.4, 0.5) is 5.00 Å². The lowest BCUT2D eigenvalue weighted by molar-refractivity contribution is -0.113. The summed E-state index contributed by atoms with van der Waals surface area (Å²) in [5.41, 5.74) is 1.32. The molecule has 26 heavy (non-hydrogen) atoms. The zero-order chi connectivity index (χ0) is 19.1. The number of carbonyl (C=O) groups excluding carboxylic acids is 1. The molecule has 2 aromatic heterocycles. The fraction of sp³-hybridized carbons (Fsp3) is 0.500. The van der Waals surface area contributed by atoms with Crippen molar-refractivity contribution in [2.75, 3.05) is 11.1 Å². The van der Waals surface area contributed by atoms with Crippen LogP contribution in [-0.2, 0) is 23.8 Å². The first-order chi connectivity index (χ1) is 12.1. The Morgan fingerprint density at radius 2 is 2.23 bits per heavy atom. The highest BCUT2D eigenvalue weighted by atomic mass is 32.2. The predicted octanol–water partition coefficient (Wildman–Crippen LogP) is 3.24. The van der Waals surface area contributed by atoms with E-state index >= 15 is 0 Å². The van der Waals surface area contributed by atoms with Crippen molar-refractivity contribution in [3.05, 3.63) is 28.4 Å². The lowest BCUT2D eigenvalue weighted by atomic mass is 9.81. The lowest BCUT2D eigenvalue weighted by Crippen LogP contribution is -2.54. The SMILES string of the molecule is Cn1ccnc1SCC(=O)Nc1sc2c(c1C#N)CC(C)(C)NC2(C)C. The molecular weight excluding hydrogens is 366 g/mol. The molecule has 138 valence electrons. The highest BCUT2D eigenvalue weighted by molar-refractivity contribution is 7.99. The molecule has 0 aliphatic carbocycles. The topological polar surface area (TPSA) is 82.7 Å². The maximum Gasteiger partial charge on any atom is 0.235 e. The van der Waals surface area contributed by atoms with E-state index in [1.165, 1.54) is 23.1 Å². The van der Waals surface area contributed by atoms with Crippen molar-refractivity contribution in [1.82, 2.24) is 14.9 Å². The summed E-state index contributed by atoms with van der Waals surface area (Å²) in [5, 5.41) is 17.7. The highest BCUT2D eigenvalue weighted by Gasteiger charge is 2.40. The number of imidazole rings is 1. The average Bonchev–Trinajstić information content (AvgIpc) is 3.07. The number of thiophene rings is 1. The molecule has 0 spiro atoms. The number of aromatic nitrogens is 2. The molecule has 1 aliphatic rings. The summed E-state index contributed by atoms with van der Waals surface area (Å²) in [4.78, 5) is 17.7. The highest BCUT2D eigenvalue weighted by Crippen LogP contribution is 2.44. The van der Waals surface area contributed by atoms with E-state index in [2.05, 4.69) is 49.4 Å². The summed E-state index contributed by atoms with van der Waals surface area (Å²) in [5.74, 6) is 0.129. The van der Waals surface area contributed by atoms with Crippen LogP contribution in [0.25, 0.3) is 0 Å². The van der Waals surface area contributed by atoms with Gasteiger partial charge in [-0.05, 0) is 39.7 Å². The van der Waals surface area contributed by atoms with Crippen molar-refractivity contribution in [1.29, 1.82) is 5.26 Å². The lowest BCUT2D eigenvalue weighted by Gasteiger charge is -2.42. The second-order valence-electron chi connectivity index (χ2n) is 7.69.